The second-order valence-electron chi connectivity index (χ2n) is 8.49. The monoisotopic (exact) mass is 521 g/mol. The number of hydrogen-bond acceptors (Lipinski definition) is 5. The molecule has 0 aliphatic rings. The van der Waals surface area contributed by atoms with Crippen molar-refractivity contribution in [2.45, 2.75) is 46.6 Å². The van der Waals surface area contributed by atoms with E-state index < -0.39 is 0 Å². The number of aryl methyl sites for hydroxylation is 2. The number of pyridine rings is 1. The van der Waals surface area contributed by atoms with Crippen LogP contribution in [0.2, 0.25) is 0 Å². The summed E-state index contributed by atoms with van der Waals surface area (Å²) in [5, 5.41) is 11.1. The number of aromatic hydroxyl groups is 1. The standard InChI is InChI=1S/C26H28BrN5O2/c1-4-5-6-22-31-24-25(32(22)14-17-7-10-21(33)15(2)11-17)19-12-18(16(3)29-23(34)13-27)8-9-20(19)30-26(24)28/h7-12,33H,4-6,13-14H2,1-3H3,(H2,28,30). The number of amides is 1. The van der Waals surface area contributed by atoms with Gasteiger partial charge in [-0.1, -0.05) is 47.5 Å². The number of unbranched alkanes of at least 4 members (excludes halogenated alkanes) is 1. The molecular formula is C26H28BrN5O2. The Labute approximate surface area is 206 Å². The molecule has 1 amide bonds. The van der Waals surface area contributed by atoms with E-state index in [0.717, 1.165) is 58.2 Å². The van der Waals surface area contributed by atoms with Gasteiger partial charge >= 0.3 is 0 Å². The number of phenolic OH excluding ortho intramolecular Hbond substituents is 1. The van der Waals surface area contributed by atoms with Gasteiger partial charge in [-0.25, -0.2) is 15.0 Å². The highest BCUT2D eigenvalue weighted by Gasteiger charge is 2.18. The lowest BCUT2D eigenvalue weighted by molar-refractivity contribution is -0.115. The second-order valence-corrected chi connectivity index (χ2v) is 9.05. The van der Waals surface area contributed by atoms with Crippen molar-refractivity contribution in [3.63, 3.8) is 0 Å². The third-order valence-electron chi connectivity index (χ3n) is 5.96. The van der Waals surface area contributed by atoms with Crippen LogP contribution in [0.1, 0.15) is 49.2 Å². The molecule has 0 fully saturated rings. The van der Waals surface area contributed by atoms with Gasteiger partial charge in [0.1, 0.15) is 17.1 Å². The highest BCUT2D eigenvalue weighted by atomic mass is 79.9. The van der Waals surface area contributed by atoms with Crippen LogP contribution < -0.4 is 5.73 Å². The molecule has 0 saturated carbocycles. The summed E-state index contributed by atoms with van der Waals surface area (Å²) in [5.41, 5.74) is 12.1. The van der Waals surface area contributed by atoms with Crippen molar-refractivity contribution < 1.29 is 9.90 Å². The number of carbonyl (C=O) groups is 1. The Morgan fingerprint density at radius 1 is 1.21 bits per heavy atom. The van der Waals surface area contributed by atoms with E-state index in [2.05, 4.69) is 37.4 Å². The zero-order chi connectivity index (χ0) is 24.4. The maximum atomic E-state index is 11.8. The summed E-state index contributed by atoms with van der Waals surface area (Å²) in [5.74, 6) is 1.40. The smallest absolute Gasteiger partial charge is 0.256 e. The van der Waals surface area contributed by atoms with E-state index in [-0.39, 0.29) is 17.0 Å². The average molecular weight is 522 g/mol. The summed E-state index contributed by atoms with van der Waals surface area (Å²) in [6.07, 6.45) is 2.88. The first kappa shape index (κ1) is 23.9. The lowest BCUT2D eigenvalue weighted by Gasteiger charge is -2.13. The van der Waals surface area contributed by atoms with Crippen LogP contribution in [0, 0.1) is 6.92 Å². The van der Waals surface area contributed by atoms with E-state index in [4.69, 9.17) is 10.7 Å². The Kier molecular flexibility index (Phi) is 6.97. The molecule has 0 atom stereocenters. The highest BCUT2D eigenvalue weighted by molar-refractivity contribution is 9.09. The molecule has 4 rings (SSSR count). The molecular weight excluding hydrogens is 494 g/mol. The molecule has 0 spiro atoms. The fourth-order valence-electron chi connectivity index (χ4n) is 4.16. The molecule has 0 saturated heterocycles. The minimum atomic E-state index is -0.229. The van der Waals surface area contributed by atoms with Gasteiger partial charge in [0.15, 0.2) is 5.82 Å². The number of aromatic nitrogens is 3. The van der Waals surface area contributed by atoms with Crippen LogP contribution in [-0.2, 0) is 17.8 Å². The van der Waals surface area contributed by atoms with E-state index in [9.17, 15) is 9.90 Å². The Hall–Kier alpha value is -3.26. The van der Waals surface area contributed by atoms with Crippen LogP contribution >= 0.6 is 15.9 Å². The van der Waals surface area contributed by atoms with E-state index in [1.165, 1.54) is 0 Å². The number of nitrogens with two attached hydrogens (primary N) is 1. The molecule has 0 unspecified atom stereocenters. The van der Waals surface area contributed by atoms with Gasteiger partial charge in [-0.2, -0.15) is 0 Å². The number of benzene rings is 2. The number of nitrogens with zero attached hydrogens (tertiary/aromatic N) is 4. The highest BCUT2D eigenvalue weighted by Crippen LogP contribution is 2.31. The summed E-state index contributed by atoms with van der Waals surface area (Å²) in [7, 11) is 0. The number of rotatable bonds is 7. The van der Waals surface area contributed by atoms with Gasteiger partial charge in [0.25, 0.3) is 5.91 Å². The van der Waals surface area contributed by atoms with Gasteiger partial charge in [0.2, 0.25) is 0 Å². The summed E-state index contributed by atoms with van der Waals surface area (Å²) in [4.78, 5) is 25.5. The van der Waals surface area contributed by atoms with Crippen molar-refractivity contribution in [3.8, 4) is 5.75 Å². The fourth-order valence-corrected chi connectivity index (χ4v) is 4.28. The minimum absolute atomic E-state index is 0.180. The number of imidazole rings is 1. The molecule has 0 bridgehead atoms. The molecule has 2 aromatic carbocycles. The van der Waals surface area contributed by atoms with Crippen LogP contribution in [0.5, 0.6) is 5.75 Å². The van der Waals surface area contributed by atoms with Gasteiger partial charge < -0.3 is 15.4 Å². The Morgan fingerprint density at radius 2 is 2.00 bits per heavy atom. The molecule has 2 heterocycles. The predicted octanol–water partition coefficient (Wildman–Crippen LogP) is 5.30. The molecule has 0 radical (unpaired) electrons. The molecule has 7 nitrogen and oxygen atoms in total. The summed E-state index contributed by atoms with van der Waals surface area (Å²) in [6, 6.07) is 11.5. The van der Waals surface area contributed by atoms with Crippen molar-refractivity contribution in [2.24, 2.45) is 4.99 Å². The Bertz CT molecular complexity index is 1420. The maximum absolute atomic E-state index is 11.8. The zero-order valence-electron chi connectivity index (χ0n) is 19.6. The first-order valence-corrected chi connectivity index (χ1v) is 12.5. The quantitative estimate of drug-likeness (QED) is 0.253. The van der Waals surface area contributed by atoms with Crippen LogP contribution in [0.3, 0.4) is 0 Å². The van der Waals surface area contributed by atoms with Gasteiger partial charge in [-0.05, 0) is 55.2 Å². The van der Waals surface area contributed by atoms with Gasteiger partial charge in [-0.3, -0.25) is 4.79 Å². The molecule has 0 aliphatic heterocycles. The molecule has 2 aromatic heterocycles. The number of nitrogen functional groups attached to an aromatic ring is 1. The van der Waals surface area contributed by atoms with Crippen molar-refractivity contribution in [2.75, 3.05) is 11.1 Å². The van der Waals surface area contributed by atoms with Gasteiger partial charge in [0, 0.05) is 24.1 Å². The lowest BCUT2D eigenvalue weighted by Crippen LogP contribution is -2.07. The number of aliphatic imine (C=N–C) groups is 1. The Balaban J connectivity index is 1.96. The molecule has 0 aliphatic carbocycles. The third kappa shape index (κ3) is 4.68. The third-order valence-corrected chi connectivity index (χ3v) is 6.44. The topological polar surface area (TPSA) is 106 Å². The number of fused-ring (bicyclic) bond motifs is 3. The first-order chi connectivity index (χ1) is 16.3. The van der Waals surface area contributed by atoms with Crippen LogP contribution in [0.15, 0.2) is 41.4 Å². The van der Waals surface area contributed by atoms with Gasteiger partial charge in [-0.15, -0.1) is 0 Å². The number of alkyl halides is 1. The molecule has 8 heteroatoms. The van der Waals surface area contributed by atoms with Crippen LogP contribution in [0.4, 0.5) is 5.82 Å². The number of phenols is 1. The van der Waals surface area contributed by atoms with Crippen molar-refractivity contribution in [3.05, 3.63) is 58.9 Å². The summed E-state index contributed by atoms with van der Waals surface area (Å²) >= 11 is 3.16. The normalized spacial score (nSPS) is 12.1. The van der Waals surface area contributed by atoms with Gasteiger partial charge in [0.05, 0.1) is 16.4 Å². The van der Waals surface area contributed by atoms with E-state index in [1.54, 1.807) is 6.07 Å². The summed E-state index contributed by atoms with van der Waals surface area (Å²) in [6.45, 7) is 6.47. The summed E-state index contributed by atoms with van der Waals surface area (Å²) < 4.78 is 2.21. The molecule has 4 aromatic rings. The number of halogens is 1. The molecule has 176 valence electrons. The van der Waals surface area contributed by atoms with Crippen molar-refractivity contribution >= 4 is 55.3 Å². The lowest BCUT2D eigenvalue weighted by atomic mass is 10.1. The zero-order valence-corrected chi connectivity index (χ0v) is 21.2. The van der Waals surface area contributed by atoms with Crippen molar-refractivity contribution in [1.82, 2.24) is 14.5 Å². The Morgan fingerprint density at radius 3 is 2.71 bits per heavy atom. The number of carbonyl (C=O) groups excluding carboxylic acids is 1. The van der Waals surface area contributed by atoms with Crippen LogP contribution in [-0.4, -0.2) is 36.6 Å². The molecule has 3 N–H and O–H groups in total. The van der Waals surface area contributed by atoms with E-state index in [1.807, 2.05) is 44.2 Å². The van der Waals surface area contributed by atoms with Crippen LogP contribution in [0.25, 0.3) is 21.9 Å². The van der Waals surface area contributed by atoms with Crippen molar-refractivity contribution in [1.29, 1.82) is 0 Å². The number of hydrogen-bond donors (Lipinski definition) is 2. The fraction of sp³-hybridized carbons (Fsp3) is 0.308. The minimum Gasteiger partial charge on any atom is -0.508 e. The van der Waals surface area contributed by atoms with E-state index >= 15 is 0 Å². The predicted molar refractivity (Wildman–Crippen MR) is 141 cm³/mol. The largest absolute Gasteiger partial charge is 0.508 e. The first-order valence-electron chi connectivity index (χ1n) is 11.3. The average Bonchev–Trinajstić information content (AvgIpc) is 3.18. The molecule has 34 heavy (non-hydrogen) atoms. The SMILES string of the molecule is CCCCc1nc2c(N)nc3ccc(C(C)=NC(=O)CBr)cc3c2n1Cc1ccc(O)c(C)c1. The number of anilines is 1. The van der Waals surface area contributed by atoms with E-state index in [0.29, 0.717) is 23.6 Å². The maximum Gasteiger partial charge on any atom is 0.256 e. The second kappa shape index (κ2) is 9.93.